The second-order valence-corrected chi connectivity index (χ2v) is 3.81. The highest BCUT2D eigenvalue weighted by Crippen LogP contribution is 2.11. The Morgan fingerprint density at radius 1 is 1.24 bits per heavy atom. The highest BCUT2D eigenvalue weighted by molar-refractivity contribution is 5.81. The largest absolute Gasteiger partial charge is 0.354 e. The first-order chi connectivity index (χ1) is 8.29. The van der Waals surface area contributed by atoms with E-state index in [-0.39, 0.29) is 5.91 Å². The van der Waals surface area contributed by atoms with E-state index in [0.717, 1.165) is 16.6 Å². The average Bonchev–Trinajstić information content (AvgIpc) is 2.36. The van der Waals surface area contributed by atoms with Crippen LogP contribution in [0.25, 0.3) is 10.9 Å². The topological polar surface area (TPSA) is 68.0 Å². The van der Waals surface area contributed by atoms with Gasteiger partial charge in [-0.25, -0.2) is 0 Å². The summed E-state index contributed by atoms with van der Waals surface area (Å²) in [5.74, 6) is -0.0433. The van der Waals surface area contributed by atoms with Crippen LogP contribution in [-0.4, -0.2) is 24.0 Å². The Morgan fingerprint density at radius 3 is 2.88 bits per heavy atom. The van der Waals surface area contributed by atoms with Crippen molar-refractivity contribution in [3.05, 3.63) is 42.1 Å². The van der Waals surface area contributed by atoms with E-state index < -0.39 is 0 Å². The normalized spacial score (nSPS) is 10.4. The molecule has 1 amide bonds. The fourth-order valence-electron chi connectivity index (χ4n) is 1.65. The molecule has 0 aliphatic heterocycles. The van der Waals surface area contributed by atoms with Gasteiger partial charge in [0.15, 0.2) is 0 Å². The van der Waals surface area contributed by atoms with Gasteiger partial charge in [-0.15, -0.1) is 0 Å². The highest BCUT2D eigenvalue weighted by Gasteiger charge is 2.04. The van der Waals surface area contributed by atoms with Crippen molar-refractivity contribution in [2.24, 2.45) is 5.73 Å². The predicted octanol–water partition coefficient (Wildman–Crippen LogP) is 0.852. The summed E-state index contributed by atoms with van der Waals surface area (Å²) in [6.45, 7) is 0.962. The van der Waals surface area contributed by atoms with Gasteiger partial charge < -0.3 is 11.1 Å². The van der Waals surface area contributed by atoms with E-state index in [1.165, 1.54) is 0 Å². The molecule has 1 aromatic carbocycles. The Bertz CT molecular complexity index is 525. The van der Waals surface area contributed by atoms with Crippen LogP contribution in [-0.2, 0) is 11.2 Å². The molecule has 0 atom stereocenters. The number of benzene rings is 1. The van der Waals surface area contributed by atoms with E-state index in [0.29, 0.717) is 19.5 Å². The minimum absolute atomic E-state index is 0.0433. The molecular weight excluding hydrogens is 214 g/mol. The standard InChI is InChI=1S/C13H15N3O/c14-7-8-15-13(17)9-11-6-5-10-3-1-2-4-12(10)16-11/h1-6H,7-9,14H2,(H,15,17). The second kappa shape index (κ2) is 5.41. The number of nitrogens with zero attached hydrogens (tertiary/aromatic N) is 1. The van der Waals surface area contributed by atoms with Gasteiger partial charge in [-0.3, -0.25) is 9.78 Å². The molecule has 0 unspecified atom stereocenters. The minimum atomic E-state index is -0.0433. The van der Waals surface area contributed by atoms with Gasteiger partial charge in [0.2, 0.25) is 5.91 Å². The molecule has 0 saturated heterocycles. The maximum atomic E-state index is 11.5. The maximum absolute atomic E-state index is 11.5. The van der Waals surface area contributed by atoms with Gasteiger partial charge >= 0.3 is 0 Å². The molecule has 0 aliphatic rings. The van der Waals surface area contributed by atoms with Gasteiger partial charge in [0.1, 0.15) is 0 Å². The number of rotatable bonds is 4. The summed E-state index contributed by atoms with van der Waals surface area (Å²) < 4.78 is 0. The highest BCUT2D eigenvalue weighted by atomic mass is 16.1. The van der Waals surface area contributed by atoms with Gasteiger partial charge in [-0.2, -0.15) is 0 Å². The van der Waals surface area contributed by atoms with Crippen molar-refractivity contribution in [1.29, 1.82) is 0 Å². The molecular formula is C13H15N3O. The van der Waals surface area contributed by atoms with Gasteiger partial charge in [-0.05, 0) is 12.1 Å². The van der Waals surface area contributed by atoms with Crippen LogP contribution in [0, 0.1) is 0 Å². The van der Waals surface area contributed by atoms with Crippen LogP contribution in [0.2, 0.25) is 0 Å². The molecule has 1 aromatic heterocycles. The molecule has 2 rings (SSSR count). The maximum Gasteiger partial charge on any atom is 0.226 e. The van der Waals surface area contributed by atoms with Crippen molar-refractivity contribution < 1.29 is 4.79 Å². The number of pyridine rings is 1. The van der Waals surface area contributed by atoms with E-state index in [2.05, 4.69) is 10.3 Å². The van der Waals surface area contributed by atoms with Crippen molar-refractivity contribution in [3.8, 4) is 0 Å². The molecule has 0 spiro atoms. The number of nitrogens with two attached hydrogens (primary N) is 1. The van der Waals surface area contributed by atoms with E-state index in [9.17, 15) is 4.79 Å². The third-order valence-corrected chi connectivity index (χ3v) is 2.46. The summed E-state index contributed by atoms with van der Waals surface area (Å²) in [7, 11) is 0. The summed E-state index contributed by atoms with van der Waals surface area (Å²) in [4.78, 5) is 15.9. The first-order valence-electron chi connectivity index (χ1n) is 5.61. The van der Waals surface area contributed by atoms with Crippen LogP contribution >= 0.6 is 0 Å². The van der Waals surface area contributed by atoms with Gasteiger partial charge in [0, 0.05) is 18.5 Å². The number of fused-ring (bicyclic) bond motifs is 1. The zero-order valence-electron chi connectivity index (χ0n) is 9.52. The molecule has 0 saturated carbocycles. The monoisotopic (exact) mass is 229 g/mol. The minimum Gasteiger partial charge on any atom is -0.354 e. The second-order valence-electron chi connectivity index (χ2n) is 3.81. The molecule has 0 fully saturated rings. The summed E-state index contributed by atoms with van der Waals surface area (Å²) >= 11 is 0. The number of hydrogen-bond acceptors (Lipinski definition) is 3. The van der Waals surface area contributed by atoms with E-state index in [1.54, 1.807) is 0 Å². The lowest BCUT2D eigenvalue weighted by Gasteiger charge is -2.04. The number of carbonyl (C=O) groups is 1. The van der Waals surface area contributed by atoms with Gasteiger partial charge in [0.05, 0.1) is 17.6 Å². The molecule has 1 heterocycles. The zero-order valence-corrected chi connectivity index (χ0v) is 9.52. The molecule has 88 valence electrons. The molecule has 0 bridgehead atoms. The van der Waals surface area contributed by atoms with Crippen LogP contribution in [0.5, 0.6) is 0 Å². The Balaban J connectivity index is 2.11. The summed E-state index contributed by atoms with van der Waals surface area (Å²) in [5, 5.41) is 3.81. The van der Waals surface area contributed by atoms with Crippen molar-refractivity contribution in [2.75, 3.05) is 13.1 Å². The smallest absolute Gasteiger partial charge is 0.226 e. The van der Waals surface area contributed by atoms with Crippen LogP contribution < -0.4 is 11.1 Å². The van der Waals surface area contributed by atoms with Crippen LogP contribution in [0.3, 0.4) is 0 Å². The number of para-hydroxylation sites is 1. The number of amides is 1. The van der Waals surface area contributed by atoms with Crippen molar-refractivity contribution in [3.63, 3.8) is 0 Å². The Labute approximate surface area is 99.8 Å². The van der Waals surface area contributed by atoms with Crippen molar-refractivity contribution >= 4 is 16.8 Å². The number of aromatic nitrogens is 1. The third-order valence-electron chi connectivity index (χ3n) is 2.46. The Hall–Kier alpha value is -1.94. The van der Waals surface area contributed by atoms with Crippen molar-refractivity contribution in [1.82, 2.24) is 10.3 Å². The van der Waals surface area contributed by atoms with Gasteiger partial charge in [-0.1, -0.05) is 24.3 Å². The summed E-state index contributed by atoms with van der Waals surface area (Å²) in [6.07, 6.45) is 0.296. The molecule has 17 heavy (non-hydrogen) atoms. The average molecular weight is 229 g/mol. The fourth-order valence-corrected chi connectivity index (χ4v) is 1.65. The van der Waals surface area contributed by atoms with Gasteiger partial charge in [0.25, 0.3) is 0 Å². The molecule has 4 heteroatoms. The lowest BCUT2D eigenvalue weighted by molar-refractivity contribution is -0.120. The Morgan fingerprint density at radius 2 is 2.06 bits per heavy atom. The molecule has 0 aliphatic carbocycles. The Kier molecular flexibility index (Phi) is 3.67. The summed E-state index contributed by atoms with van der Waals surface area (Å²) in [5.41, 5.74) is 7.00. The number of carbonyl (C=O) groups excluding carboxylic acids is 1. The number of hydrogen-bond donors (Lipinski definition) is 2. The zero-order chi connectivity index (χ0) is 12.1. The van der Waals surface area contributed by atoms with E-state index in [4.69, 9.17) is 5.73 Å². The summed E-state index contributed by atoms with van der Waals surface area (Å²) in [6, 6.07) is 11.7. The first-order valence-corrected chi connectivity index (χ1v) is 5.61. The van der Waals surface area contributed by atoms with E-state index in [1.807, 2.05) is 36.4 Å². The SMILES string of the molecule is NCCNC(=O)Cc1ccc2ccccc2n1. The lowest BCUT2D eigenvalue weighted by Crippen LogP contribution is -2.30. The molecule has 3 N–H and O–H groups in total. The quantitative estimate of drug-likeness (QED) is 0.816. The fraction of sp³-hybridized carbons (Fsp3) is 0.231. The molecule has 0 radical (unpaired) electrons. The van der Waals surface area contributed by atoms with Crippen LogP contribution in [0.15, 0.2) is 36.4 Å². The molecule has 4 nitrogen and oxygen atoms in total. The number of nitrogens with one attached hydrogen (secondary N) is 1. The van der Waals surface area contributed by atoms with E-state index >= 15 is 0 Å². The predicted molar refractivity (Wildman–Crippen MR) is 67.5 cm³/mol. The third kappa shape index (κ3) is 3.01. The van der Waals surface area contributed by atoms with Crippen molar-refractivity contribution in [2.45, 2.75) is 6.42 Å². The lowest BCUT2D eigenvalue weighted by atomic mass is 10.2. The van der Waals surface area contributed by atoms with Crippen LogP contribution in [0.4, 0.5) is 0 Å². The van der Waals surface area contributed by atoms with Crippen LogP contribution in [0.1, 0.15) is 5.69 Å². The molecule has 2 aromatic rings. The first kappa shape index (κ1) is 11.5.